The lowest BCUT2D eigenvalue weighted by Crippen LogP contribution is -2.35. The van der Waals surface area contributed by atoms with Gasteiger partial charge < -0.3 is 4.74 Å². The second-order valence-electron chi connectivity index (χ2n) is 3.23. The van der Waals surface area contributed by atoms with Gasteiger partial charge in [0, 0.05) is 0 Å². The average Bonchev–Trinajstić information content (AvgIpc) is 2.30. The van der Waals surface area contributed by atoms with Crippen LogP contribution in [0.2, 0.25) is 0 Å². The molecule has 1 aromatic rings. The molecular formula is C10H10FN3O4S. The molecule has 0 radical (unpaired) electrons. The standard InChI is InChI=1S/C10H10FN3O4S/c1-2-18-10(15)14-19(16,17)13-9-4-3-8(11)5-7(9)6-12/h3-5,13H,2H2,1H3,(H,14,15). The fourth-order valence-corrected chi connectivity index (χ4v) is 1.94. The molecule has 0 heterocycles. The number of benzene rings is 1. The molecule has 2 N–H and O–H groups in total. The number of halogens is 1. The maximum atomic E-state index is 12.9. The zero-order valence-corrected chi connectivity index (χ0v) is 10.6. The summed E-state index contributed by atoms with van der Waals surface area (Å²) >= 11 is 0. The van der Waals surface area contributed by atoms with E-state index in [-0.39, 0.29) is 17.9 Å². The van der Waals surface area contributed by atoms with E-state index in [9.17, 15) is 17.6 Å². The Bertz CT molecular complexity index is 624. The first kappa shape index (κ1) is 14.7. The van der Waals surface area contributed by atoms with Crippen molar-refractivity contribution in [1.29, 1.82) is 5.26 Å². The summed E-state index contributed by atoms with van der Waals surface area (Å²) in [6.45, 7) is 1.51. The Kier molecular flexibility index (Phi) is 4.66. The molecule has 0 fully saturated rings. The number of nitriles is 1. The summed E-state index contributed by atoms with van der Waals surface area (Å²) in [7, 11) is -4.25. The van der Waals surface area contributed by atoms with Crippen molar-refractivity contribution in [2.24, 2.45) is 0 Å². The molecule has 0 aromatic heterocycles. The van der Waals surface area contributed by atoms with Gasteiger partial charge in [0.1, 0.15) is 11.9 Å². The van der Waals surface area contributed by atoms with Crippen LogP contribution in [0.5, 0.6) is 0 Å². The van der Waals surface area contributed by atoms with Gasteiger partial charge in [0.2, 0.25) is 0 Å². The van der Waals surface area contributed by atoms with Crippen molar-refractivity contribution in [3.05, 3.63) is 29.6 Å². The molecule has 0 saturated heterocycles. The van der Waals surface area contributed by atoms with Crippen molar-refractivity contribution in [1.82, 2.24) is 4.72 Å². The lowest BCUT2D eigenvalue weighted by molar-refractivity contribution is 0.159. The first-order valence-electron chi connectivity index (χ1n) is 5.05. The van der Waals surface area contributed by atoms with E-state index in [0.717, 1.165) is 18.2 Å². The SMILES string of the molecule is CCOC(=O)NS(=O)(=O)Nc1ccc(F)cc1C#N. The summed E-state index contributed by atoms with van der Waals surface area (Å²) < 4.78 is 43.8. The first-order valence-corrected chi connectivity index (χ1v) is 6.53. The fourth-order valence-electron chi connectivity index (χ4n) is 1.14. The van der Waals surface area contributed by atoms with Crippen molar-refractivity contribution in [2.75, 3.05) is 11.3 Å². The van der Waals surface area contributed by atoms with Crippen LogP contribution in [0.4, 0.5) is 14.9 Å². The Balaban J connectivity index is 2.90. The quantitative estimate of drug-likeness (QED) is 0.862. The molecule has 1 rings (SSSR count). The van der Waals surface area contributed by atoms with Gasteiger partial charge in [-0.15, -0.1) is 0 Å². The van der Waals surface area contributed by atoms with Crippen LogP contribution in [0.1, 0.15) is 12.5 Å². The summed E-state index contributed by atoms with van der Waals surface area (Å²) in [4.78, 5) is 11.0. The van der Waals surface area contributed by atoms with Crippen LogP contribution in [0.3, 0.4) is 0 Å². The van der Waals surface area contributed by atoms with Gasteiger partial charge in [-0.05, 0) is 25.1 Å². The Hall–Kier alpha value is -2.34. The first-order chi connectivity index (χ1) is 8.88. The highest BCUT2D eigenvalue weighted by Crippen LogP contribution is 2.16. The predicted octanol–water partition coefficient (Wildman–Crippen LogP) is 1.10. The highest BCUT2D eigenvalue weighted by molar-refractivity contribution is 7.91. The van der Waals surface area contributed by atoms with Crippen molar-refractivity contribution in [3.8, 4) is 6.07 Å². The van der Waals surface area contributed by atoms with Gasteiger partial charge in [-0.25, -0.2) is 13.9 Å². The summed E-state index contributed by atoms with van der Waals surface area (Å²) in [5.74, 6) is -0.683. The number of ether oxygens (including phenoxy) is 1. The minimum Gasteiger partial charge on any atom is -0.449 e. The number of amides is 1. The molecule has 0 saturated carbocycles. The monoisotopic (exact) mass is 287 g/mol. The van der Waals surface area contributed by atoms with Crippen molar-refractivity contribution in [3.63, 3.8) is 0 Å². The minimum absolute atomic E-state index is 0.00134. The third-order valence-electron chi connectivity index (χ3n) is 1.84. The Morgan fingerprint density at radius 2 is 2.21 bits per heavy atom. The number of rotatable bonds is 4. The van der Waals surface area contributed by atoms with Crippen molar-refractivity contribution < 1.29 is 22.3 Å². The fraction of sp³-hybridized carbons (Fsp3) is 0.200. The van der Waals surface area contributed by atoms with Crippen molar-refractivity contribution >= 4 is 22.0 Å². The lowest BCUT2D eigenvalue weighted by atomic mass is 10.2. The smallest absolute Gasteiger partial charge is 0.422 e. The van der Waals surface area contributed by atoms with Gasteiger partial charge in [0.05, 0.1) is 17.9 Å². The van der Waals surface area contributed by atoms with E-state index in [0.29, 0.717) is 0 Å². The summed E-state index contributed by atoms with van der Waals surface area (Å²) in [5, 5.41) is 8.74. The Labute approximate surface area is 109 Å². The van der Waals surface area contributed by atoms with E-state index in [1.165, 1.54) is 6.92 Å². The topological polar surface area (TPSA) is 108 Å². The van der Waals surface area contributed by atoms with E-state index in [1.54, 1.807) is 10.8 Å². The number of carbonyl (C=O) groups excluding carboxylic acids is 1. The number of anilines is 1. The number of carbonyl (C=O) groups is 1. The van der Waals surface area contributed by atoms with Gasteiger partial charge >= 0.3 is 16.3 Å². The van der Waals surface area contributed by atoms with E-state index in [1.807, 2.05) is 4.72 Å². The molecule has 0 aliphatic heterocycles. The number of hydrogen-bond acceptors (Lipinski definition) is 5. The maximum absolute atomic E-state index is 12.9. The van der Waals surface area contributed by atoms with E-state index in [2.05, 4.69) is 4.74 Å². The van der Waals surface area contributed by atoms with E-state index >= 15 is 0 Å². The highest BCUT2D eigenvalue weighted by atomic mass is 32.2. The second-order valence-corrected chi connectivity index (χ2v) is 4.64. The highest BCUT2D eigenvalue weighted by Gasteiger charge is 2.17. The molecule has 0 aliphatic carbocycles. The molecular weight excluding hydrogens is 277 g/mol. The zero-order chi connectivity index (χ0) is 14.5. The van der Waals surface area contributed by atoms with Crippen LogP contribution in [0.15, 0.2) is 18.2 Å². The molecule has 102 valence electrons. The summed E-state index contributed by atoms with van der Waals surface area (Å²) in [5.41, 5.74) is -0.366. The van der Waals surface area contributed by atoms with Gasteiger partial charge in [-0.1, -0.05) is 0 Å². The third-order valence-corrected chi connectivity index (χ3v) is 2.76. The summed E-state index contributed by atoms with van der Waals surface area (Å²) in [6.07, 6.45) is -1.16. The maximum Gasteiger partial charge on any atom is 0.422 e. The molecule has 1 aromatic carbocycles. The molecule has 0 aliphatic rings. The van der Waals surface area contributed by atoms with Gasteiger partial charge in [-0.3, -0.25) is 4.72 Å². The van der Waals surface area contributed by atoms with Gasteiger partial charge in [0.25, 0.3) is 0 Å². The molecule has 7 nitrogen and oxygen atoms in total. The third kappa shape index (κ3) is 4.44. The van der Waals surface area contributed by atoms with Gasteiger partial charge in [-0.2, -0.15) is 13.7 Å². The van der Waals surface area contributed by atoms with Crippen LogP contribution in [0.25, 0.3) is 0 Å². The zero-order valence-electron chi connectivity index (χ0n) is 9.81. The lowest BCUT2D eigenvalue weighted by Gasteiger charge is -2.10. The van der Waals surface area contributed by atoms with E-state index in [4.69, 9.17) is 5.26 Å². The van der Waals surface area contributed by atoms with E-state index < -0.39 is 22.1 Å². The second kappa shape index (κ2) is 6.01. The Morgan fingerprint density at radius 3 is 2.79 bits per heavy atom. The van der Waals surface area contributed by atoms with Gasteiger partial charge in [0.15, 0.2) is 0 Å². The largest absolute Gasteiger partial charge is 0.449 e. The molecule has 0 bridgehead atoms. The van der Waals surface area contributed by atoms with Crippen LogP contribution < -0.4 is 9.44 Å². The van der Waals surface area contributed by atoms with Crippen LogP contribution in [-0.4, -0.2) is 21.1 Å². The molecule has 9 heteroatoms. The molecule has 1 amide bonds. The van der Waals surface area contributed by atoms with Crippen LogP contribution >= 0.6 is 0 Å². The molecule has 0 atom stereocenters. The average molecular weight is 287 g/mol. The number of nitrogens with zero attached hydrogens (tertiary/aromatic N) is 1. The van der Waals surface area contributed by atoms with Crippen molar-refractivity contribution in [2.45, 2.75) is 6.92 Å². The minimum atomic E-state index is -4.25. The summed E-state index contributed by atoms with van der Waals surface area (Å²) in [6, 6.07) is 4.53. The molecule has 19 heavy (non-hydrogen) atoms. The Morgan fingerprint density at radius 1 is 1.53 bits per heavy atom. The van der Waals surface area contributed by atoms with Crippen LogP contribution in [-0.2, 0) is 14.9 Å². The normalized spacial score (nSPS) is 10.4. The molecule has 0 unspecified atom stereocenters. The molecule has 0 spiro atoms. The number of nitrogens with one attached hydrogen (secondary N) is 2. The number of hydrogen-bond donors (Lipinski definition) is 2. The van der Waals surface area contributed by atoms with Crippen LogP contribution in [0, 0.1) is 17.1 Å². The predicted molar refractivity (Wildman–Crippen MR) is 63.8 cm³/mol.